The van der Waals surface area contributed by atoms with Gasteiger partial charge in [0, 0.05) is 24.4 Å². The summed E-state index contributed by atoms with van der Waals surface area (Å²) in [5, 5.41) is 3.94. The molecule has 1 atom stereocenters. The van der Waals surface area contributed by atoms with Gasteiger partial charge in [0.2, 0.25) is 11.9 Å². The molecule has 29 heavy (non-hydrogen) atoms. The third-order valence-corrected chi connectivity index (χ3v) is 5.99. The molecule has 2 aromatic rings. The van der Waals surface area contributed by atoms with E-state index in [-0.39, 0.29) is 17.8 Å². The first-order valence-corrected chi connectivity index (χ1v) is 11.3. The van der Waals surface area contributed by atoms with Crippen LogP contribution in [-0.2, 0) is 14.3 Å². The van der Waals surface area contributed by atoms with Crippen LogP contribution < -0.4 is 10.2 Å². The fourth-order valence-corrected chi connectivity index (χ4v) is 4.09. The van der Waals surface area contributed by atoms with E-state index in [1.807, 2.05) is 37.4 Å². The number of ether oxygens (including phenoxy) is 1. The lowest BCUT2D eigenvalue weighted by Gasteiger charge is -2.32. The summed E-state index contributed by atoms with van der Waals surface area (Å²) in [4.78, 5) is 36.1. The number of methoxy groups -OCH3 is 1. The summed E-state index contributed by atoms with van der Waals surface area (Å²) < 4.78 is 4.83. The SMILES string of the molecule is COC(=O)[C@@H](CCSC)NC(=O)C1CCN(c2nc(C)c3ccccc3n2)CC1. The number of aryl methyl sites for hydroxylation is 1. The van der Waals surface area contributed by atoms with E-state index in [0.717, 1.165) is 22.3 Å². The normalized spacial score (nSPS) is 15.9. The molecule has 0 spiro atoms. The van der Waals surface area contributed by atoms with Crippen molar-refractivity contribution in [3.8, 4) is 0 Å². The van der Waals surface area contributed by atoms with Crippen LogP contribution in [0, 0.1) is 12.8 Å². The number of esters is 1. The van der Waals surface area contributed by atoms with Crippen LogP contribution in [0.15, 0.2) is 24.3 Å². The number of anilines is 1. The molecule has 1 aliphatic rings. The average molecular weight is 417 g/mol. The maximum Gasteiger partial charge on any atom is 0.328 e. The molecule has 1 fully saturated rings. The second-order valence-electron chi connectivity index (χ2n) is 7.25. The van der Waals surface area contributed by atoms with Gasteiger partial charge in [0.1, 0.15) is 6.04 Å². The van der Waals surface area contributed by atoms with E-state index in [9.17, 15) is 9.59 Å². The summed E-state index contributed by atoms with van der Waals surface area (Å²) in [5.74, 6) is 0.931. The average Bonchev–Trinajstić information content (AvgIpc) is 2.76. The van der Waals surface area contributed by atoms with Crippen molar-refractivity contribution in [2.24, 2.45) is 5.92 Å². The van der Waals surface area contributed by atoms with Gasteiger partial charge in [-0.1, -0.05) is 18.2 Å². The van der Waals surface area contributed by atoms with Gasteiger partial charge in [0.25, 0.3) is 0 Å². The third-order valence-electron chi connectivity index (χ3n) is 5.34. The van der Waals surface area contributed by atoms with Gasteiger partial charge in [0.15, 0.2) is 0 Å². The number of para-hydroxylation sites is 1. The van der Waals surface area contributed by atoms with Gasteiger partial charge in [-0.15, -0.1) is 0 Å². The highest BCUT2D eigenvalue weighted by Gasteiger charge is 2.29. The number of carbonyl (C=O) groups excluding carboxylic acids is 2. The Kier molecular flexibility index (Phi) is 7.30. The number of benzene rings is 1. The van der Waals surface area contributed by atoms with E-state index in [1.165, 1.54) is 7.11 Å². The standard InChI is InChI=1S/C21H28N4O3S/c1-14-16-6-4-5-7-17(16)24-21(22-14)25-11-8-15(9-12-25)19(26)23-18(10-13-29-3)20(27)28-2/h4-7,15,18H,8-13H2,1-3H3,(H,23,26)/t18-/m1/s1. The van der Waals surface area contributed by atoms with Gasteiger partial charge in [-0.25, -0.2) is 14.8 Å². The number of rotatable bonds is 7. The minimum Gasteiger partial charge on any atom is -0.467 e. The maximum absolute atomic E-state index is 12.7. The topological polar surface area (TPSA) is 84.4 Å². The third kappa shape index (κ3) is 5.18. The Bertz CT molecular complexity index is 868. The van der Waals surface area contributed by atoms with Crippen molar-refractivity contribution in [3.63, 3.8) is 0 Å². The predicted octanol–water partition coefficient (Wildman–Crippen LogP) is 2.57. The minimum atomic E-state index is -0.579. The van der Waals surface area contributed by atoms with Crippen LogP contribution in [0.4, 0.5) is 5.95 Å². The van der Waals surface area contributed by atoms with Crippen molar-refractivity contribution < 1.29 is 14.3 Å². The summed E-state index contributed by atoms with van der Waals surface area (Å²) in [5.41, 5.74) is 1.89. The van der Waals surface area contributed by atoms with E-state index >= 15 is 0 Å². The van der Waals surface area contributed by atoms with E-state index in [1.54, 1.807) is 11.8 Å². The molecule has 1 N–H and O–H groups in total. The molecule has 1 amide bonds. The van der Waals surface area contributed by atoms with E-state index in [0.29, 0.717) is 38.3 Å². The van der Waals surface area contributed by atoms with Crippen molar-refractivity contribution in [3.05, 3.63) is 30.0 Å². The molecule has 0 unspecified atom stereocenters. The number of hydrogen-bond donors (Lipinski definition) is 1. The number of carbonyl (C=O) groups is 2. The quantitative estimate of drug-likeness (QED) is 0.695. The Balaban J connectivity index is 1.61. The van der Waals surface area contributed by atoms with Gasteiger partial charge < -0.3 is 15.0 Å². The van der Waals surface area contributed by atoms with Gasteiger partial charge in [-0.05, 0) is 44.3 Å². The molecule has 156 valence electrons. The van der Waals surface area contributed by atoms with Crippen LogP contribution in [0.1, 0.15) is 25.0 Å². The number of nitrogens with one attached hydrogen (secondary N) is 1. The number of hydrogen-bond acceptors (Lipinski definition) is 7. The fourth-order valence-electron chi connectivity index (χ4n) is 3.62. The molecule has 1 aromatic heterocycles. The lowest BCUT2D eigenvalue weighted by Crippen LogP contribution is -2.47. The summed E-state index contributed by atoms with van der Waals surface area (Å²) >= 11 is 1.64. The lowest BCUT2D eigenvalue weighted by molar-refractivity contribution is -0.145. The zero-order valence-electron chi connectivity index (χ0n) is 17.2. The van der Waals surface area contributed by atoms with E-state index in [4.69, 9.17) is 9.72 Å². The van der Waals surface area contributed by atoms with Crippen molar-refractivity contribution in [2.75, 3.05) is 37.1 Å². The van der Waals surface area contributed by atoms with Crippen LogP contribution in [-0.4, -0.2) is 60.1 Å². The maximum atomic E-state index is 12.7. The Morgan fingerprint density at radius 2 is 2.00 bits per heavy atom. The van der Waals surface area contributed by atoms with Crippen molar-refractivity contribution >= 4 is 40.5 Å². The van der Waals surface area contributed by atoms with Crippen LogP contribution >= 0.6 is 11.8 Å². The van der Waals surface area contributed by atoms with Gasteiger partial charge in [-0.2, -0.15) is 11.8 Å². The zero-order chi connectivity index (χ0) is 20.8. The van der Waals surface area contributed by atoms with Gasteiger partial charge in [0.05, 0.1) is 18.3 Å². The highest BCUT2D eigenvalue weighted by atomic mass is 32.2. The van der Waals surface area contributed by atoms with Crippen molar-refractivity contribution in [1.29, 1.82) is 0 Å². The van der Waals surface area contributed by atoms with Crippen LogP contribution in [0.5, 0.6) is 0 Å². The second-order valence-corrected chi connectivity index (χ2v) is 8.24. The molecule has 0 radical (unpaired) electrons. The number of nitrogens with zero attached hydrogens (tertiary/aromatic N) is 3. The molecular weight excluding hydrogens is 388 g/mol. The molecule has 1 aromatic carbocycles. The summed E-state index contributed by atoms with van der Waals surface area (Å²) in [6.07, 6.45) is 3.96. The largest absolute Gasteiger partial charge is 0.467 e. The highest BCUT2D eigenvalue weighted by molar-refractivity contribution is 7.98. The lowest BCUT2D eigenvalue weighted by atomic mass is 9.95. The second kappa shape index (κ2) is 9.91. The predicted molar refractivity (Wildman–Crippen MR) is 116 cm³/mol. The first-order valence-electron chi connectivity index (χ1n) is 9.89. The van der Waals surface area contributed by atoms with Crippen molar-refractivity contribution in [1.82, 2.24) is 15.3 Å². The minimum absolute atomic E-state index is 0.0724. The molecule has 1 aliphatic heterocycles. The number of piperidine rings is 1. The Morgan fingerprint density at radius 3 is 2.69 bits per heavy atom. The van der Waals surface area contributed by atoms with Crippen LogP contribution in [0.3, 0.4) is 0 Å². The number of fused-ring (bicyclic) bond motifs is 1. The first-order chi connectivity index (χ1) is 14.0. The Morgan fingerprint density at radius 1 is 1.28 bits per heavy atom. The monoisotopic (exact) mass is 416 g/mol. The summed E-state index contributed by atoms with van der Waals surface area (Å²) in [6.45, 7) is 3.42. The zero-order valence-corrected chi connectivity index (χ0v) is 18.0. The van der Waals surface area contributed by atoms with Crippen molar-refractivity contribution in [2.45, 2.75) is 32.2 Å². The fraction of sp³-hybridized carbons (Fsp3) is 0.524. The molecule has 0 bridgehead atoms. The molecule has 3 rings (SSSR count). The first kappa shape index (κ1) is 21.4. The highest BCUT2D eigenvalue weighted by Crippen LogP contribution is 2.24. The molecule has 7 nitrogen and oxygen atoms in total. The van der Waals surface area contributed by atoms with Gasteiger partial charge in [-0.3, -0.25) is 4.79 Å². The number of amides is 1. The summed E-state index contributed by atoms with van der Waals surface area (Å²) in [7, 11) is 1.35. The Labute approximate surface area is 175 Å². The smallest absolute Gasteiger partial charge is 0.328 e. The molecule has 8 heteroatoms. The molecule has 1 saturated heterocycles. The molecule has 0 aliphatic carbocycles. The molecule has 0 saturated carbocycles. The van der Waals surface area contributed by atoms with Crippen LogP contribution in [0.2, 0.25) is 0 Å². The van der Waals surface area contributed by atoms with Crippen LogP contribution in [0.25, 0.3) is 10.9 Å². The number of thioether (sulfide) groups is 1. The number of aromatic nitrogens is 2. The van der Waals surface area contributed by atoms with Gasteiger partial charge >= 0.3 is 5.97 Å². The molecular formula is C21H28N4O3S. The summed E-state index contributed by atoms with van der Waals surface area (Å²) in [6, 6.07) is 7.41. The van der Waals surface area contributed by atoms with E-state index < -0.39 is 6.04 Å². The molecule has 2 heterocycles. The van der Waals surface area contributed by atoms with E-state index in [2.05, 4.69) is 15.2 Å². The Hall–Kier alpha value is -2.35.